The normalized spacial score (nSPS) is 12.2. The number of nitrogens with zero attached hydrogens (tertiary/aromatic N) is 1. The number of alkyl halides is 1. The summed E-state index contributed by atoms with van der Waals surface area (Å²) in [5.41, 5.74) is 1.58. The number of benzene rings is 1. The van der Waals surface area contributed by atoms with E-state index in [2.05, 4.69) is 10.3 Å². The van der Waals surface area contributed by atoms with Crippen molar-refractivity contribution in [3.8, 4) is 11.3 Å². The summed E-state index contributed by atoms with van der Waals surface area (Å²) in [6.07, 6.45) is 0. The lowest BCUT2D eigenvalue weighted by atomic mass is 10.2. The molecule has 0 aliphatic carbocycles. The molecule has 1 aromatic carbocycles. The molecular formula is C12H10Cl2N2OS. The van der Waals surface area contributed by atoms with Crippen LogP contribution in [0.4, 0.5) is 5.13 Å². The molecule has 1 heterocycles. The quantitative estimate of drug-likeness (QED) is 0.870. The van der Waals surface area contributed by atoms with Gasteiger partial charge in [0.15, 0.2) is 5.13 Å². The molecule has 94 valence electrons. The van der Waals surface area contributed by atoms with Gasteiger partial charge >= 0.3 is 0 Å². The lowest BCUT2D eigenvalue weighted by Crippen LogP contribution is -2.20. The first-order chi connectivity index (χ1) is 8.58. The van der Waals surface area contributed by atoms with Crippen molar-refractivity contribution >= 4 is 45.6 Å². The summed E-state index contributed by atoms with van der Waals surface area (Å²) in [5.74, 6) is -0.267. The van der Waals surface area contributed by atoms with Crippen LogP contribution in [0.15, 0.2) is 29.6 Å². The molecule has 0 radical (unpaired) electrons. The highest BCUT2D eigenvalue weighted by Crippen LogP contribution is 2.30. The number of carbonyl (C=O) groups is 1. The molecular weight excluding hydrogens is 291 g/mol. The number of aromatic nitrogens is 1. The minimum Gasteiger partial charge on any atom is -0.301 e. The van der Waals surface area contributed by atoms with Gasteiger partial charge < -0.3 is 5.32 Å². The van der Waals surface area contributed by atoms with Gasteiger partial charge in [-0.2, -0.15) is 0 Å². The van der Waals surface area contributed by atoms with E-state index in [1.165, 1.54) is 11.3 Å². The van der Waals surface area contributed by atoms with Crippen LogP contribution in [-0.4, -0.2) is 16.3 Å². The van der Waals surface area contributed by atoms with Crippen molar-refractivity contribution in [3.05, 3.63) is 34.7 Å². The zero-order valence-corrected chi connectivity index (χ0v) is 11.8. The Hall–Kier alpha value is -1.10. The van der Waals surface area contributed by atoms with E-state index in [9.17, 15) is 4.79 Å². The predicted molar refractivity (Wildman–Crippen MR) is 76.5 cm³/mol. The van der Waals surface area contributed by atoms with Crippen LogP contribution < -0.4 is 5.32 Å². The van der Waals surface area contributed by atoms with E-state index in [0.29, 0.717) is 10.2 Å². The van der Waals surface area contributed by atoms with E-state index in [-0.39, 0.29) is 5.91 Å². The smallest absolute Gasteiger partial charge is 0.243 e. The average molecular weight is 301 g/mol. The molecule has 0 fully saturated rings. The maximum absolute atomic E-state index is 11.4. The third kappa shape index (κ3) is 3.02. The minimum absolute atomic E-state index is 0.267. The van der Waals surface area contributed by atoms with Crippen molar-refractivity contribution in [2.24, 2.45) is 0 Å². The molecule has 1 atom stereocenters. The van der Waals surface area contributed by atoms with Crippen LogP contribution in [0.1, 0.15) is 6.92 Å². The molecule has 0 saturated heterocycles. The van der Waals surface area contributed by atoms with Gasteiger partial charge in [0.2, 0.25) is 5.91 Å². The molecule has 2 aromatic rings. The van der Waals surface area contributed by atoms with Crippen LogP contribution in [0, 0.1) is 0 Å². The number of carbonyl (C=O) groups excluding carboxylic acids is 1. The number of rotatable bonds is 3. The highest BCUT2D eigenvalue weighted by atomic mass is 35.5. The Bertz CT molecular complexity index is 569. The molecule has 6 heteroatoms. The number of hydrogen-bond acceptors (Lipinski definition) is 3. The summed E-state index contributed by atoms with van der Waals surface area (Å²) in [4.78, 5) is 15.7. The van der Waals surface area contributed by atoms with Crippen molar-refractivity contribution in [1.82, 2.24) is 4.98 Å². The summed E-state index contributed by atoms with van der Waals surface area (Å²) >= 11 is 13.1. The molecule has 0 saturated carbocycles. The SMILES string of the molecule is CC(Cl)C(=O)Nc1nc(-c2ccccc2Cl)cs1. The van der Waals surface area contributed by atoms with Gasteiger partial charge in [-0.3, -0.25) is 4.79 Å². The molecule has 0 aliphatic heterocycles. The Labute approximate surface area is 119 Å². The second kappa shape index (κ2) is 5.69. The molecule has 3 nitrogen and oxygen atoms in total. The van der Waals surface area contributed by atoms with E-state index in [1.54, 1.807) is 13.0 Å². The largest absolute Gasteiger partial charge is 0.301 e. The van der Waals surface area contributed by atoms with E-state index in [1.807, 2.05) is 23.6 Å². The van der Waals surface area contributed by atoms with Crippen LogP contribution in [0.3, 0.4) is 0 Å². The van der Waals surface area contributed by atoms with Crippen molar-refractivity contribution in [3.63, 3.8) is 0 Å². The summed E-state index contributed by atoms with van der Waals surface area (Å²) in [6.45, 7) is 1.61. The predicted octanol–water partition coefficient (Wildman–Crippen LogP) is 4.03. The maximum Gasteiger partial charge on any atom is 0.243 e. The van der Waals surface area contributed by atoms with E-state index in [4.69, 9.17) is 23.2 Å². The van der Waals surface area contributed by atoms with E-state index in [0.717, 1.165) is 11.3 Å². The third-order valence-electron chi connectivity index (χ3n) is 2.25. The standard InChI is InChI=1S/C12H10Cl2N2OS/c1-7(13)11(17)16-12-15-10(6-18-12)8-4-2-3-5-9(8)14/h2-7H,1H3,(H,15,16,17). The number of thiazole rings is 1. The highest BCUT2D eigenvalue weighted by Gasteiger charge is 2.13. The van der Waals surface area contributed by atoms with Gasteiger partial charge in [-0.15, -0.1) is 22.9 Å². The van der Waals surface area contributed by atoms with Crippen molar-refractivity contribution < 1.29 is 4.79 Å². The summed E-state index contributed by atoms with van der Waals surface area (Å²) in [6, 6.07) is 7.43. The molecule has 0 aliphatic rings. The Morgan fingerprint density at radius 1 is 1.44 bits per heavy atom. The number of halogens is 2. The fourth-order valence-corrected chi connectivity index (χ4v) is 2.33. The first-order valence-electron chi connectivity index (χ1n) is 5.23. The fraction of sp³-hybridized carbons (Fsp3) is 0.167. The molecule has 2 rings (SSSR count). The van der Waals surface area contributed by atoms with Gasteiger partial charge in [-0.25, -0.2) is 4.98 Å². The van der Waals surface area contributed by atoms with Gasteiger partial charge in [0, 0.05) is 16.0 Å². The number of nitrogens with one attached hydrogen (secondary N) is 1. The van der Waals surface area contributed by atoms with Crippen LogP contribution in [-0.2, 0) is 4.79 Å². The van der Waals surface area contributed by atoms with Gasteiger partial charge in [0.05, 0.1) is 5.69 Å². The molecule has 1 N–H and O–H groups in total. The van der Waals surface area contributed by atoms with Crippen molar-refractivity contribution in [1.29, 1.82) is 0 Å². The van der Waals surface area contributed by atoms with Crippen molar-refractivity contribution in [2.45, 2.75) is 12.3 Å². The molecule has 1 amide bonds. The number of anilines is 1. The number of hydrogen-bond donors (Lipinski definition) is 1. The van der Waals surface area contributed by atoms with Gasteiger partial charge in [0.1, 0.15) is 5.38 Å². The average Bonchev–Trinajstić information content (AvgIpc) is 2.77. The summed E-state index contributed by atoms with van der Waals surface area (Å²) < 4.78 is 0. The Morgan fingerprint density at radius 2 is 2.17 bits per heavy atom. The third-order valence-corrected chi connectivity index (χ3v) is 3.53. The molecule has 1 aromatic heterocycles. The minimum atomic E-state index is -0.585. The Balaban J connectivity index is 2.21. The molecule has 0 bridgehead atoms. The van der Waals surface area contributed by atoms with Gasteiger partial charge in [-0.1, -0.05) is 29.8 Å². The Morgan fingerprint density at radius 3 is 2.83 bits per heavy atom. The zero-order valence-electron chi connectivity index (χ0n) is 9.48. The fourth-order valence-electron chi connectivity index (χ4n) is 1.33. The highest BCUT2D eigenvalue weighted by molar-refractivity contribution is 7.14. The van der Waals surface area contributed by atoms with Crippen LogP contribution in [0.5, 0.6) is 0 Å². The Kier molecular flexibility index (Phi) is 4.22. The van der Waals surface area contributed by atoms with Crippen LogP contribution in [0.25, 0.3) is 11.3 Å². The first kappa shape index (κ1) is 13.3. The summed E-state index contributed by atoms with van der Waals surface area (Å²) in [5, 5.41) is 5.05. The first-order valence-corrected chi connectivity index (χ1v) is 6.92. The van der Waals surface area contributed by atoms with Crippen molar-refractivity contribution in [2.75, 3.05) is 5.32 Å². The van der Waals surface area contributed by atoms with Crippen LogP contribution in [0.2, 0.25) is 5.02 Å². The lowest BCUT2D eigenvalue weighted by Gasteiger charge is -2.02. The second-order valence-corrected chi connectivity index (χ2v) is 5.54. The monoisotopic (exact) mass is 300 g/mol. The molecule has 18 heavy (non-hydrogen) atoms. The van der Waals surface area contributed by atoms with E-state index >= 15 is 0 Å². The van der Waals surface area contributed by atoms with Gasteiger partial charge in [0.25, 0.3) is 0 Å². The van der Waals surface area contributed by atoms with E-state index < -0.39 is 5.38 Å². The molecule has 0 spiro atoms. The lowest BCUT2D eigenvalue weighted by molar-refractivity contribution is -0.115. The van der Waals surface area contributed by atoms with Gasteiger partial charge in [-0.05, 0) is 13.0 Å². The topological polar surface area (TPSA) is 42.0 Å². The maximum atomic E-state index is 11.4. The summed E-state index contributed by atoms with van der Waals surface area (Å²) in [7, 11) is 0. The van der Waals surface area contributed by atoms with Crippen LogP contribution >= 0.6 is 34.5 Å². The molecule has 1 unspecified atom stereocenters. The number of amides is 1. The zero-order chi connectivity index (χ0) is 13.1. The second-order valence-electron chi connectivity index (χ2n) is 3.62.